The number of halogens is 1. The Hall–Kier alpha value is -0.530. The highest BCUT2D eigenvalue weighted by molar-refractivity contribution is 6.30. The lowest BCUT2D eigenvalue weighted by molar-refractivity contribution is 0.339. The molecule has 2 heteroatoms. The van der Waals surface area contributed by atoms with Gasteiger partial charge in [0.25, 0.3) is 0 Å². The minimum absolute atomic E-state index is 0.270. The number of rotatable bonds is 4. The van der Waals surface area contributed by atoms with Crippen molar-refractivity contribution in [3.8, 4) is 0 Å². The van der Waals surface area contributed by atoms with Gasteiger partial charge in [-0.15, -0.1) is 0 Å². The van der Waals surface area contributed by atoms with Gasteiger partial charge in [-0.25, -0.2) is 0 Å². The van der Waals surface area contributed by atoms with E-state index in [2.05, 4.69) is 32.2 Å². The fourth-order valence-electron chi connectivity index (χ4n) is 2.13. The summed E-state index contributed by atoms with van der Waals surface area (Å²) >= 11 is 5.95. The molecule has 0 heterocycles. The van der Waals surface area contributed by atoms with E-state index < -0.39 is 0 Å². The van der Waals surface area contributed by atoms with Gasteiger partial charge < -0.3 is 5.32 Å². The van der Waals surface area contributed by atoms with Gasteiger partial charge in [-0.1, -0.05) is 17.7 Å². The largest absolute Gasteiger partial charge is 0.307 e. The van der Waals surface area contributed by atoms with E-state index in [1.54, 1.807) is 0 Å². The third-order valence-electron chi connectivity index (χ3n) is 3.64. The highest BCUT2D eigenvalue weighted by Crippen LogP contribution is 2.39. The Morgan fingerprint density at radius 1 is 1.38 bits per heavy atom. The van der Waals surface area contributed by atoms with Crippen LogP contribution in [0, 0.1) is 12.8 Å². The Bertz CT molecular complexity index is 380. The van der Waals surface area contributed by atoms with Crippen molar-refractivity contribution in [3.05, 3.63) is 34.3 Å². The molecule has 1 aromatic carbocycles. The summed E-state index contributed by atoms with van der Waals surface area (Å²) in [4.78, 5) is 0. The number of nitrogens with one attached hydrogen (secondary N) is 1. The monoisotopic (exact) mass is 237 g/mol. The SMILES string of the molecule is Cc1cc(Cl)ccc1CNC(C)(C)C1CC1. The van der Waals surface area contributed by atoms with Crippen LogP contribution in [0.3, 0.4) is 0 Å². The molecule has 16 heavy (non-hydrogen) atoms. The average Bonchev–Trinajstić information content (AvgIpc) is 2.99. The topological polar surface area (TPSA) is 12.0 Å². The molecule has 0 saturated heterocycles. The van der Waals surface area contributed by atoms with Crippen LogP contribution >= 0.6 is 11.6 Å². The number of aryl methyl sites for hydroxylation is 1. The van der Waals surface area contributed by atoms with Crippen LogP contribution in [-0.2, 0) is 6.54 Å². The first-order valence-electron chi connectivity index (χ1n) is 5.99. The van der Waals surface area contributed by atoms with Gasteiger partial charge in [0.1, 0.15) is 0 Å². The molecule has 0 amide bonds. The molecule has 1 N–H and O–H groups in total. The minimum Gasteiger partial charge on any atom is -0.307 e. The lowest BCUT2D eigenvalue weighted by Crippen LogP contribution is -2.40. The fraction of sp³-hybridized carbons (Fsp3) is 0.571. The molecular weight excluding hydrogens is 218 g/mol. The third kappa shape index (κ3) is 2.78. The quantitative estimate of drug-likeness (QED) is 0.837. The second-order valence-corrected chi connectivity index (χ2v) is 5.86. The van der Waals surface area contributed by atoms with Crippen LogP contribution in [0.2, 0.25) is 5.02 Å². The van der Waals surface area contributed by atoms with Gasteiger partial charge in [-0.05, 0) is 62.8 Å². The zero-order chi connectivity index (χ0) is 11.8. The fourth-order valence-corrected chi connectivity index (χ4v) is 2.36. The molecule has 1 aliphatic carbocycles. The molecule has 0 radical (unpaired) electrons. The predicted molar refractivity (Wildman–Crippen MR) is 69.8 cm³/mol. The first-order chi connectivity index (χ1) is 7.49. The van der Waals surface area contributed by atoms with Crippen molar-refractivity contribution in [1.82, 2.24) is 5.32 Å². The molecule has 0 unspecified atom stereocenters. The van der Waals surface area contributed by atoms with Crippen molar-refractivity contribution in [1.29, 1.82) is 0 Å². The van der Waals surface area contributed by atoms with Crippen LogP contribution in [0.5, 0.6) is 0 Å². The Morgan fingerprint density at radius 2 is 2.06 bits per heavy atom. The van der Waals surface area contributed by atoms with Gasteiger partial charge in [0, 0.05) is 17.1 Å². The molecule has 1 aliphatic rings. The Labute approximate surface area is 103 Å². The van der Waals surface area contributed by atoms with Crippen molar-refractivity contribution in [2.45, 2.75) is 45.7 Å². The van der Waals surface area contributed by atoms with Crippen LogP contribution in [0.25, 0.3) is 0 Å². The number of benzene rings is 1. The molecule has 2 rings (SSSR count). The van der Waals surface area contributed by atoms with Crippen LogP contribution < -0.4 is 5.32 Å². The summed E-state index contributed by atoms with van der Waals surface area (Å²) in [5, 5.41) is 4.48. The van der Waals surface area contributed by atoms with E-state index in [9.17, 15) is 0 Å². The maximum Gasteiger partial charge on any atom is 0.0408 e. The number of hydrogen-bond donors (Lipinski definition) is 1. The molecule has 0 aliphatic heterocycles. The van der Waals surface area contributed by atoms with Gasteiger partial charge in [0.05, 0.1) is 0 Å². The van der Waals surface area contributed by atoms with Crippen molar-refractivity contribution >= 4 is 11.6 Å². The Kier molecular flexibility index (Phi) is 3.27. The smallest absolute Gasteiger partial charge is 0.0408 e. The first kappa shape index (κ1) is 11.9. The van der Waals surface area contributed by atoms with Gasteiger partial charge in [-0.2, -0.15) is 0 Å². The summed E-state index contributed by atoms with van der Waals surface area (Å²) < 4.78 is 0. The van der Waals surface area contributed by atoms with Gasteiger partial charge in [0.15, 0.2) is 0 Å². The average molecular weight is 238 g/mol. The Morgan fingerprint density at radius 3 is 2.62 bits per heavy atom. The molecule has 0 spiro atoms. The van der Waals surface area contributed by atoms with E-state index in [-0.39, 0.29) is 5.54 Å². The van der Waals surface area contributed by atoms with Crippen molar-refractivity contribution in [2.24, 2.45) is 5.92 Å². The number of hydrogen-bond acceptors (Lipinski definition) is 1. The summed E-state index contributed by atoms with van der Waals surface area (Å²) in [5.41, 5.74) is 2.89. The van der Waals surface area contributed by atoms with Crippen molar-refractivity contribution in [2.75, 3.05) is 0 Å². The standard InChI is InChI=1S/C14H20ClN/c1-10-8-13(15)7-4-11(10)9-16-14(2,3)12-5-6-12/h4,7-8,12,16H,5-6,9H2,1-3H3. The van der Waals surface area contributed by atoms with Gasteiger partial charge in [0.2, 0.25) is 0 Å². The second kappa shape index (κ2) is 4.38. The summed E-state index contributed by atoms with van der Waals surface area (Å²) in [6.07, 6.45) is 2.75. The van der Waals surface area contributed by atoms with Crippen LogP contribution in [0.1, 0.15) is 37.8 Å². The molecule has 1 aromatic rings. The highest BCUT2D eigenvalue weighted by atomic mass is 35.5. The van der Waals surface area contributed by atoms with E-state index >= 15 is 0 Å². The maximum absolute atomic E-state index is 5.95. The summed E-state index contributed by atoms with van der Waals surface area (Å²) in [6, 6.07) is 6.12. The zero-order valence-electron chi connectivity index (χ0n) is 10.3. The van der Waals surface area contributed by atoms with Crippen LogP contribution in [0.15, 0.2) is 18.2 Å². The Balaban J connectivity index is 1.98. The normalized spacial score (nSPS) is 16.5. The predicted octanol–water partition coefficient (Wildman–Crippen LogP) is 3.93. The third-order valence-corrected chi connectivity index (χ3v) is 3.87. The van der Waals surface area contributed by atoms with Gasteiger partial charge >= 0.3 is 0 Å². The van der Waals surface area contributed by atoms with E-state index in [1.165, 1.54) is 24.0 Å². The molecule has 1 fully saturated rings. The molecular formula is C14H20ClN. The molecule has 88 valence electrons. The van der Waals surface area contributed by atoms with E-state index in [0.29, 0.717) is 0 Å². The second-order valence-electron chi connectivity index (χ2n) is 5.42. The van der Waals surface area contributed by atoms with Crippen molar-refractivity contribution < 1.29 is 0 Å². The summed E-state index contributed by atoms with van der Waals surface area (Å²) in [7, 11) is 0. The van der Waals surface area contributed by atoms with Gasteiger partial charge in [-0.3, -0.25) is 0 Å². The lowest BCUT2D eigenvalue weighted by atomic mass is 9.98. The van der Waals surface area contributed by atoms with E-state index in [0.717, 1.165) is 17.5 Å². The highest BCUT2D eigenvalue weighted by Gasteiger charge is 2.37. The van der Waals surface area contributed by atoms with Crippen molar-refractivity contribution in [3.63, 3.8) is 0 Å². The molecule has 0 bridgehead atoms. The molecule has 0 atom stereocenters. The first-order valence-corrected chi connectivity index (χ1v) is 6.37. The zero-order valence-corrected chi connectivity index (χ0v) is 11.1. The summed E-state index contributed by atoms with van der Waals surface area (Å²) in [5.74, 6) is 0.861. The molecule has 1 saturated carbocycles. The summed E-state index contributed by atoms with van der Waals surface area (Å²) in [6.45, 7) is 7.66. The lowest BCUT2D eigenvalue weighted by Gasteiger charge is -2.26. The minimum atomic E-state index is 0.270. The maximum atomic E-state index is 5.95. The van der Waals surface area contributed by atoms with Crippen LogP contribution in [0.4, 0.5) is 0 Å². The molecule has 0 aromatic heterocycles. The van der Waals surface area contributed by atoms with Crippen LogP contribution in [-0.4, -0.2) is 5.54 Å². The van der Waals surface area contributed by atoms with E-state index in [4.69, 9.17) is 11.6 Å². The van der Waals surface area contributed by atoms with E-state index in [1.807, 2.05) is 12.1 Å². The molecule has 1 nitrogen and oxygen atoms in total.